The van der Waals surface area contributed by atoms with Gasteiger partial charge in [-0.05, 0) is 30.7 Å². The van der Waals surface area contributed by atoms with Gasteiger partial charge in [-0.25, -0.2) is 0 Å². The topological polar surface area (TPSA) is 76.2 Å². The third kappa shape index (κ3) is 3.12. The molecule has 122 valence electrons. The molecule has 0 saturated heterocycles. The highest BCUT2D eigenvalue weighted by molar-refractivity contribution is 5.95. The minimum absolute atomic E-state index is 0.0349. The van der Waals surface area contributed by atoms with Crippen LogP contribution in [0.3, 0.4) is 0 Å². The second kappa shape index (κ2) is 6.54. The fourth-order valence-corrected chi connectivity index (χ4v) is 2.44. The maximum Gasteiger partial charge on any atom is 0.302 e. The van der Waals surface area contributed by atoms with Gasteiger partial charge in [-0.3, -0.25) is 4.79 Å². The van der Waals surface area contributed by atoms with Gasteiger partial charge in [0.15, 0.2) is 12.3 Å². The molecule has 1 N–H and O–H groups in total. The van der Waals surface area contributed by atoms with Crippen molar-refractivity contribution in [1.82, 2.24) is 4.57 Å². The smallest absolute Gasteiger partial charge is 0.302 e. The normalized spacial score (nSPS) is 11.2. The van der Waals surface area contributed by atoms with Crippen LogP contribution in [0.2, 0.25) is 0 Å². The molecule has 3 aromatic rings. The lowest BCUT2D eigenvalue weighted by Gasteiger charge is -2.03. The molecule has 3 rings (SSSR count). The fraction of sp³-hybridized carbons (Fsp3) is 0.167. The van der Waals surface area contributed by atoms with E-state index >= 15 is 0 Å². The van der Waals surface area contributed by atoms with Crippen LogP contribution >= 0.6 is 0 Å². The Hall–Kier alpha value is -3.15. The van der Waals surface area contributed by atoms with Gasteiger partial charge in [-0.2, -0.15) is 0 Å². The third-order valence-electron chi connectivity index (χ3n) is 3.66. The molecule has 2 aromatic carbocycles. The van der Waals surface area contributed by atoms with E-state index in [4.69, 9.17) is 4.74 Å². The Morgan fingerprint density at radius 1 is 1.21 bits per heavy atom. The van der Waals surface area contributed by atoms with Crippen LogP contribution in [0.1, 0.15) is 5.56 Å². The van der Waals surface area contributed by atoms with E-state index in [1.165, 1.54) is 0 Å². The average molecular weight is 323 g/mol. The zero-order chi connectivity index (χ0) is 17.1. The summed E-state index contributed by atoms with van der Waals surface area (Å²) in [4.78, 5) is 11.9. The number of hydrogen-bond donors (Lipinski definition) is 1. The summed E-state index contributed by atoms with van der Waals surface area (Å²) in [5, 5.41) is 18.4. The van der Waals surface area contributed by atoms with Crippen molar-refractivity contribution in [2.75, 3.05) is 6.61 Å². The summed E-state index contributed by atoms with van der Waals surface area (Å²) in [6.07, 6.45) is 0. The lowest BCUT2D eigenvalue weighted by molar-refractivity contribution is -0.120. The van der Waals surface area contributed by atoms with Gasteiger partial charge in [0.05, 0.1) is 5.52 Å². The predicted octanol–water partition coefficient (Wildman–Crippen LogP) is 3.88. The second-order valence-electron chi connectivity index (χ2n) is 5.45. The molecule has 0 radical (unpaired) electrons. The van der Waals surface area contributed by atoms with Gasteiger partial charge < -0.3 is 14.4 Å². The van der Waals surface area contributed by atoms with E-state index in [1.807, 2.05) is 49.4 Å². The van der Waals surface area contributed by atoms with Crippen molar-refractivity contribution in [3.05, 3.63) is 54.1 Å². The van der Waals surface area contributed by atoms with Crippen molar-refractivity contribution in [1.29, 1.82) is 0 Å². The lowest BCUT2D eigenvalue weighted by Crippen LogP contribution is -2.07. The van der Waals surface area contributed by atoms with E-state index in [0.29, 0.717) is 5.75 Å². The Bertz CT molecular complexity index is 928. The second-order valence-corrected chi connectivity index (χ2v) is 5.45. The minimum Gasteiger partial charge on any atom is -0.493 e. The van der Waals surface area contributed by atoms with Gasteiger partial charge in [-0.15, -0.1) is 10.2 Å². The molecule has 0 atom stereocenters. The maximum atomic E-state index is 11.9. The molecule has 24 heavy (non-hydrogen) atoms. The van der Waals surface area contributed by atoms with Crippen LogP contribution in [0.4, 0.5) is 5.69 Å². The molecule has 0 aliphatic heterocycles. The first-order chi connectivity index (χ1) is 11.6. The molecule has 0 aliphatic rings. The van der Waals surface area contributed by atoms with E-state index in [9.17, 15) is 9.90 Å². The van der Waals surface area contributed by atoms with Crippen LogP contribution < -0.4 is 4.74 Å². The van der Waals surface area contributed by atoms with Gasteiger partial charge in [-0.1, -0.05) is 30.3 Å². The number of rotatable bonds is 4. The summed E-state index contributed by atoms with van der Waals surface area (Å²) in [5.41, 5.74) is 2.13. The quantitative estimate of drug-likeness (QED) is 0.740. The number of carbonyl (C=O) groups is 1. The highest BCUT2D eigenvalue weighted by Crippen LogP contribution is 2.37. The summed E-state index contributed by atoms with van der Waals surface area (Å²) in [5.74, 6) is 0.0442. The first kappa shape index (κ1) is 15.7. The standard InChI is InChI=1S/C18H17N3O3/c1-12-6-5-7-13(10-12)24-11-16(22)19-20-17-14-8-3-4-9-15(14)21(2)18(17)23/h3-10,23H,11H2,1-2H3. The first-order valence-electron chi connectivity index (χ1n) is 7.46. The number of ether oxygens (including phenoxy) is 1. The Morgan fingerprint density at radius 3 is 2.79 bits per heavy atom. The van der Waals surface area contributed by atoms with Gasteiger partial charge in [0.2, 0.25) is 5.88 Å². The number of amides is 1. The summed E-state index contributed by atoms with van der Waals surface area (Å²) in [7, 11) is 1.72. The molecule has 1 aromatic heterocycles. The number of aromatic nitrogens is 1. The monoisotopic (exact) mass is 323 g/mol. The summed E-state index contributed by atoms with van der Waals surface area (Å²) < 4.78 is 6.98. The zero-order valence-electron chi connectivity index (χ0n) is 13.4. The number of azo groups is 1. The van der Waals surface area contributed by atoms with Crippen molar-refractivity contribution < 1.29 is 14.6 Å². The average Bonchev–Trinajstić information content (AvgIpc) is 2.83. The number of aryl methyl sites for hydroxylation is 2. The summed E-state index contributed by atoms with van der Waals surface area (Å²) in [6, 6.07) is 14.8. The Morgan fingerprint density at radius 2 is 2.00 bits per heavy atom. The van der Waals surface area contributed by atoms with E-state index in [-0.39, 0.29) is 18.2 Å². The summed E-state index contributed by atoms with van der Waals surface area (Å²) >= 11 is 0. The number of fused-ring (bicyclic) bond motifs is 1. The highest BCUT2D eigenvalue weighted by Gasteiger charge is 2.14. The van der Waals surface area contributed by atoms with Crippen LogP contribution in [0.15, 0.2) is 58.8 Å². The Balaban J connectivity index is 1.74. The molecule has 0 spiro atoms. The van der Waals surface area contributed by atoms with Crippen molar-refractivity contribution in [3.8, 4) is 11.6 Å². The van der Waals surface area contributed by atoms with Crippen LogP contribution in [0, 0.1) is 6.92 Å². The fourth-order valence-electron chi connectivity index (χ4n) is 2.44. The number of nitrogens with zero attached hydrogens (tertiary/aromatic N) is 3. The predicted molar refractivity (Wildman–Crippen MR) is 90.8 cm³/mol. The molecule has 6 heteroatoms. The number of aromatic hydroxyl groups is 1. The first-order valence-corrected chi connectivity index (χ1v) is 7.46. The highest BCUT2D eigenvalue weighted by atomic mass is 16.5. The molecule has 0 aliphatic carbocycles. The molecular weight excluding hydrogens is 306 g/mol. The molecule has 1 amide bonds. The van der Waals surface area contributed by atoms with Crippen molar-refractivity contribution in [3.63, 3.8) is 0 Å². The van der Waals surface area contributed by atoms with E-state index in [0.717, 1.165) is 16.5 Å². The van der Waals surface area contributed by atoms with Crippen molar-refractivity contribution >= 4 is 22.5 Å². The van der Waals surface area contributed by atoms with Gasteiger partial charge >= 0.3 is 5.91 Å². The van der Waals surface area contributed by atoms with Crippen LogP contribution in [0.25, 0.3) is 10.9 Å². The molecular formula is C18H17N3O3. The number of carbonyl (C=O) groups excluding carboxylic acids is 1. The molecule has 0 fully saturated rings. The third-order valence-corrected chi connectivity index (χ3v) is 3.66. The molecule has 0 unspecified atom stereocenters. The zero-order valence-corrected chi connectivity index (χ0v) is 13.4. The SMILES string of the molecule is Cc1cccc(OCC(=O)N=Nc2c(O)n(C)c3ccccc23)c1. The Labute approximate surface area is 139 Å². The van der Waals surface area contributed by atoms with E-state index in [2.05, 4.69) is 10.2 Å². The number of para-hydroxylation sites is 1. The summed E-state index contributed by atoms with van der Waals surface area (Å²) in [6.45, 7) is 1.73. The van der Waals surface area contributed by atoms with E-state index in [1.54, 1.807) is 17.7 Å². The van der Waals surface area contributed by atoms with Crippen LogP contribution in [-0.2, 0) is 11.8 Å². The van der Waals surface area contributed by atoms with Gasteiger partial charge in [0.25, 0.3) is 0 Å². The van der Waals surface area contributed by atoms with E-state index < -0.39 is 5.91 Å². The maximum absolute atomic E-state index is 11.9. The minimum atomic E-state index is -0.524. The lowest BCUT2D eigenvalue weighted by atomic mass is 10.2. The van der Waals surface area contributed by atoms with Gasteiger partial charge in [0, 0.05) is 12.4 Å². The largest absolute Gasteiger partial charge is 0.493 e. The molecule has 1 heterocycles. The molecule has 0 bridgehead atoms. The number of benzene rings is 2. The van der Waals surface area contributed by atoms with Gasteiger partial charge in [0.1, 0.15) is 5.75 Å². The van der Waals surface area contributed by atoms with Crippen LogP contribution in [-0.4, -0.2) is 22.2 Å². The molecule has 6 nitrogen and oxygen atoms in total. The van der Waals surface area contributed by atoms with Crippen molar-refractivity contribution in [2.24, 2.45) is 17.3 Å². The number of hydrogen-bond acceptors (Lipinski definition) is 4. The molecule has 0 saturated carbocycles. The van der Waals surface area contributed by atoms with Crippen LogP contribution in [0.5, 0.6) is 11.6 Å². The van der Waals surface area contributed by atoms with Crippen molar-refractivity contribution in [2.45, 2.75) is 6.92 Å². The Kier molecular flexibility index (Phi) is 4.29.